The maximum Gasteiger partial charge on any atom is 0.264 e. The second-order valence-corrected chi connectivity index (χ2v) is 7.60. The minimum absolute atomic E-state index is 0.140. The number of carbonyl (C=O) groups excluding carboxylic acids is 2. The van der Waals surface area contributed by atoms with Gasteiger partial charge in [0.15, 0.2) is 11.5 Å². The van der Waals surface area contributed by atoms with E-state index in [2.05, 4.69) is 5.32 Å². The molecule has 2 aromatic rings. The van der Waals surface area contributed by atoms with Gasteiger partial charge in [0.1, 0.15) is 0 Å². The summed E-state index contributed by atoms with van der Waals surface area (Å²) in [6, 6.07) is 10.8. The summed E-state index contributed by atoms with van der Waals surface area (Å²) in [6.45, 7) is 0.864. The Balaban J connectivity index is 1.86. The number of fused-ring (bicyclic) bond motifs is 1. The summed E-state index contributed by atoms with van der Waals surface area (Å²) in [5.41, 5.74) is 2.03. The van der Waals surface area contributed by atoms with E-state index < -0.39 is 0 Å². The van der Waals surface area contributed by atoms with Crippen molar-refractivity contribution in [2.24, 2.45) is 0 Å². The van der Waals surface area contributed by atoms with Crippen LogP contribution in [0, 0.1) is 0 Å². The van der Waals surface area contributed by atoms with E-state index in [1.165, 1.54) is 11.8 Å². The molecule has 0 saturated heterocycles. The molecule has 7 nitrogen and oxygen atoms in total. The molecular weight excluding hydrogens is 404 g/mol. The topological polar surface area (TPSA) is 77.1 Å². The van der Waals surface area contributed by atoms with Crippen LogP contribution in [-0.4, -0.2) is 53.3 Å². The lowest BCUT2D eigenvalue weighted by molar-refractivity contribution is -0.114. The van der Waals surface area contributed by atoms with E-state index in [-0.39, 0.29) is 11.8 Å². The number of thioether (sulfide) groups is 1. The molecule has 0 aromatic heterocycles. The van der Waals surface area contributed by atoms with Gasteiger partial charge in [0.2, 0.25) is 0 Å². The number of benzene rings is 2. The molecule has 158 valence electrons. The van der Waals surface area contributed by atoms with Crippen LogP contribution in [0.5, 0.6) is 11.5 Å². The fraction of sp³-hybridized carbons (Fsp3) is 0.273. The third-order valence-corrected chi connectivity index (χ3v) is 5.69. The average molecular weight is 429 g/mol. The molecule has 0 aliphatic carbocycles. The van der Waals surface area contributed by atoms with Gasteiger partial charge in [-0.15, -0.1) is 0 Å². The summed E-state index contributed by atoms with van der Waals surface area (Å²) in [7, 11) is 6.43. The van der Waals surface area contributed by atoms with Gasteiger partial charge in [-0.1, -0.05) is 17.8 Å². The van der Waals surface area contributed by atoms with Gasteiger partial charge < -0.3 is 24.4 Å². The summed E-state index contributed by atoms with van der Waals surface area (Å²) in [5, 5.41) is 2.79. The van der Waals surface area contributed by atoms with Crippen molar-refractivity contribution in [1.29, 1.82) is 0 Å². The van der Waals surface area contributed by atoms with Crippen LogP contribution in [0.4, 0.5) is 5.69 Å². The van der Waals surface area contributed by atoms with Crippen LogP contribution in [0.1, 0.15) is 15.9 Å². The number of ether oxygens (including phenoxy) is 3. The van der Waals surface area contributed by atoms with Gasteiger partial charge in [0.05, 0.1) is 31.4 Å². The number of hydrogen-bond donors (Lipinski definition) is 1. The molecule has 0 radical (unpaired) electrons. The fourth-order valence-electron chi connectivity index (χ4n) is 3.00. The predicted octanol–water partition coefficient (Wildman–Crippen LogP) is 3.19. The summed E-state index contributed by atoms with van der Waals surface area (Å²) in [6.07, 6.45) is 1.82. The SMILES string of the molecule is COCCNC(=O)c1ccc2c(c1)N(C)C(=O)C(=Cc1ccc(OC)c(OC)c1)S2. The molecule has 30 heavy (non-hydrogen) atoms. The lowest BCUT2D eigenvalue weighted by atomic mass is 10.1. The standard InChI is InChI=1S/C22H24N2O5S/c1-24-16-13-15(21(25)23-9-10-27-2)6-8-19(16)30-20(22(24)26)12-14-5-7-17(28-3)18(11-14)29-4/h5-8,11-13H,9-10H2,1-4H3,(H,23,25). The van der Waals surface area contributed by atoms with Gasteiger partial charge in [0.25, 0.3) is 11.8 Å². The Morgan fingerprint density at radius 2 is 1.87 bits per heavy atom. The first kappa shape index (κ1) is 21.7. The normalized spacial score (nSPS) is 14.5. The number of methoxy groups -OCH3 is 3. The lowest BCUT2D eigenvalue weighted by Crippen LogP contribution is -2.31. The molecule has 0 unspecified atom stereocenters. The zero-order valence-electron chi connectivity index (χ0n) is 17.4. The van der Waals surface area contributed by atoms with Gasteiger partial charge in [-0.05, 0) is 42.0 Å². The minimum atomic E-state index is -0.202. The number of amides is 2. The zero-order chi connectivity index (χ0) is 21.7. The van der Waals surface area contributed by atoms with Crippen molar-refractivity contribution >= 4 is 35.3 Å². The van der Waals surface area contributed by atoms with Gasteiger partial charge in [-0.25, -0.2) is 0 Å². The Morgan fingerprint density at radius 1 is 1.10 bits per heavy atom. The van der Waals surface area contributed by atoms with E-state index in [4.69, 9.17) is 14.2 Å². The number of rotatable bonds is 7. The Hall–Kier alpha value is -2.97. The van der Waals surface area contributed by atoms with Crippen LogP contribution < -0.4 is 19.7 Å². The second kappa shape index (κ2) is 9.69. The molecular formula is C22H24N2O5S. The highest BCUT2D eigenvalue weighted by molar-refractivity contribution is 8.04. The van der Waals surface area contributed by atoms with Crippen molar-refractivity contribution < 1.29 is 23.8 Å². The Morgan fingerprint density at radius 3 is 2.57 bits per heavy atom. The van der Waals surface area contributed by atoms with Crippen molar-refractivity contribution in [2.45, 2.75) is 4.90 Å². The Bertz CT molecular complexity index is 989. The van der Waals surface area contributed by atoms with Crippen LogP contribution in [-0.2, 0) is 9.53 Å². The molecule has 0 atom stereocenters. The number of anilines is 1. The summed E-state index contributed by atoms with van der Waals surface area (Å²) in [4.78, 5) is 28.3. The summed E-state index contributed by atoms with van der Waals surface area (Å²) >= 11 is 1.38. The van der Waals surface area contributed by atoms with Crippen LogP contribution in [0.2, 0.25) is 0 Å². The number of hydrogen-bond acceptors (Lipinski definition) is 6. The molecule has 2 aromatic carbocycles. The number of carbonyl (C=O) groups is 2. The second-order valence-electron chi connectivity index (χ2n) is 6.52. The number of nitrogens with zero attached hydrogens (tertiary/aromatic N) is 1. The molecule has 1 aliphatic heterocycles. The fourth-order valence-corrected chi connectivity index (χ4v) is 4.09. The molecule has 8 heteroatoms. The Labute approximate surface area is 180 Å². The molecule has 1 aliphatic rings. The van der Waals surface area contributed by atoms with Crippen LogP contribution in [0.15, 0.2) is 46.2 Å². The molecule has 2 amide bonds. The van der Waals surface area contributed by atoms with Crippen LogP contribution >= 0.6 is 11.8 Å². The highest BCUT2D eigenvalue weighted by atomic mass is 32.2. The van der Waals surface area contributed by atoms with Gasteiger partial charge in [0, 0.05) is 31.2 Å². The van der Waals surface area contributed by atoms with E-state index in [1.54, 1.807) is 51.5 Å². The summed E-state index contributed by atoms with van der Waals surface area (Å²) < 4.78 is 15.5. The maximum atomic E-state index is 12.9. The molecule has 0 bridgehead atoms. The first-order valence-corrected chi connectivity index (χ1v) is 10.1. The molecule has 0 saturated carbocycles. The third-order valence-electron chi connectivity index (χ3n) is 4.61. The minimum Gasteiger partial charge on any atom is -0.493 e. The van der Waals surface area contributed by atoms with Crippen molar-refractivity contribution in [1.82, 2.24) is 5.32 Å². The van der Waals surface area contributed by atoms with E-state index in [9.17, 15) is 9.59 Å². The highest BCUT2D eigenvalue weighted by Crippen LogP contribution is 2.42. The lowest BCUT2D eigenvalue weighted by Gasteiger charge is -2.27. The first-order valence-electron chi connectivity index (χ1n) is 9.29. The predicted molar refractivity (Wildman–Crippen MR) is 117 cm³/mol. The van der Waals surface area contributed by atoms with Gasteiger partial charge in [-0.3, -0.25) is 9.59 Å². The largest absolute Gasteiger partial charge is 0.493 e. The zero-order valence-corrected chi connectivity index (χ0v) is 18.2. The number of likely N-dealkylation sites (N-methyl/N-ethyl adjacent to an activating group) is 1. The molecule has 0 spiro atoms. The van der Waals surface area contributed by atoms with Crippen molar-refractivity contribution in [3.8, 4) is 11.5 Å². The average Bonchev–Trinajstić information content (AvgIpc) is 2.77. The van der Waals surface area contributed by atoms with E-state index >= 15 is 0 Å². The first-order chi connectivity index (χ1) is 14.5. The summed E-state index contributed by atoms with van der Waals surface area (Å²) in [5.74, 6) is 0.880. The van der Waals surface area contributed by atoms with E-state index in [0.717, 1.165) is 10.5 Å². The Kier molecular flexibility index (Phi) is 7.02. The van der Waals surface area contributed by atoms with Crippen molar-refractivity contribution in [3.05, 3.63) is 52.4 Å². The third kappa shape index (κ3) is 4.60. The van der Waals surface area contributed by atoms with Gasteiger partial charge >= 0.3 is 0 Å². The molecule has 1 N–H and O–H groups in total. The molecule has 1 heterocycles. The maximum absolute atomic E-state index is 12.9. The van der Waals surface area contributed by atoms with E-state index in [1.807, 2.05) is 24.3 Å². The van der Waals surface area contributed by atoms with Crippen molar-refractivity contribution in [2.75, 3.05) is 46.4 Å². The molecule has 3 rings (SSSR count). The van der Waals surface area contributed by atoms with Crippen LogP contribution in [0.25, 0.3) is 6.08 Å². The van der Waals surface area contributed by atoms with Gasteiger partial charge in [-0.2, -0.15) is 0 Å². The van der Waals surface area contributed by atoms with Crippen LogP contribution in [0.3, 0.4) is 0 Å². The quantitative estimate of drug-likeness (QED) is 0.539. The monoisotopic (exact) mass is 428 g/mol. The highest BCUT2D eigenvalue weighted by Gasteiger charge is 2.27. The van der Waals surface area contributed by atoms with E-state index in [0.29, 0.717) is 40.8 Å². The number of nitrogens with one attached hydrogen (secondary N) is 1. The molecule has 0 fully saturated rings. The smallest absolute Gasteiger partial charge is 0.264 e. The van der Waals surface area contributed by atoms with Crippen molar-refractivity contribution in [3.63, 3.8) is 0 Å².